The number of benzene rings is 3. The van der Waals surface area contributed by atoms with Crippen LogP contribution in [0.3, 0.4) is 0 Å². The van der Waals surface area contributed by atoms with Crippen LogP contribution in [0.25, 0.3) is 0 Å². The third-order valence-corrected chi connectivity index (χ3v) is 6.74. The number of alkyl halides is 1. The molecule has 0 saturated carbocycles. The number of hydrogen-bond acceptors (Lipinski definition) is 6. The van der Waals surface area contributed by atoms with Crippen molar-refractivity contribution in [3.63, 3.8) is 0 Å². The summed E-state index contributed by atoms with van der Waals surface area (Å²) in [6, 6.07) is 27.7. The lowest BCUT2D eigenvalue weighted by molar-refractivity contribution is -0.0950. The second-order valence-electron chi connectivity index (χ2n) is 8.97. The molecular formula is C29H27FN2O6. The number of ether oxygens (including phenoxy) is 3. The van der Waals surface area contributed by atoms with Crippen LogP contribution in [0.2, 0.25) is 0 Å². The Morgan fingerprint density at radius 3 is 2.05 bits per heavy atom. The molecule has 0 unspecified atom stereocenters. The van der Waals surface area contributed by atoms with Crippen LogP contribution in [-0.4, -0.2) is 46.8 Å². The minimum Gasteiger partial charge on any atom is -0.497 e. The molecule has 4 atom stereocenters. The van der Waals surface area contributed by atoms with Crippen LogP contribution in [0.5, 0.6) is 5.75 Å². The zero-order valence-corrected chi connectivity index (χ0v) is 20.6. The topological polar surface area (TPSA) is 103 Å². The van der Waals surface area contributed by atoms with Crippen LogP contribution in [0, 0.1) is 0 Å². The first kappa shape index (κ1) is 25.6. The number of H-pyrrole nitrogens is 1. The van der Waals surface area contributed by atoms with Gasteiger partial charge in [0.2, 0.25) is 0 Å². The molecule has 0 spiro atoms. The first-order chi connectivity index (χ1) is 18.4. The molecule has 8 nitrogen and oxygen atoms in total. The van der Waals surface area contributed by atoms with Crippen molar-refractivity contribution in [2.45, 2.75) is 30.2 Å². The summed E-state index contributed by atoms with van der Waals surface area (Å²) in [5.41, 5.74) is -0.178. The molecule has 0 amide bonds. The fraction of sp³-hybridized carbons (Fsp3) is 0.241. The third kappa shape index (κ3) is 4.67. The quantitative estimate of drug-likeness (QED) is 0.348. The number of aliphatic hydroxyl groups excluding tert-OH is 1. The number of nitrogens with one attached hydrogen (secondary N) is 1. The van der Waals surface area contributed by atoms with Crippen molar-refractivity contribution < 1.29 is 23.7 Å². The van der Waals surface area contributed by atoms with Gasteiger partial charge >= 0.3 is 5.69 Å². The number of aromatic nitrogens is 2. The molecule has 5 rings (SSSR count). The minimum atomic E-state index is -1.92. The lowest BCUT2D eigenvalue weighted by Gasteiger charge is -2.37. The molecule has 9 heteroatoms. The lowest BCUT2D eigenvalue weighted by Crippen LogP contribution is -2.39. The van der Waals surface area contributed by atoms with E-state index in [0.717, 1.165) is 33.5 Å². The van der Waals surface area contributed by atoms with Crippen LogP contribution in [0.15, 0.2) is 107 Å². The van der Waals surface area contributed by atoms with E-state index >= 15 is 4.39 Å². The predicted molar refractivity (Wildman–Crippen MR) is 138 cm³/mol. The van der Waals surface area contributed by atoms with E-state index in [1.807, 2.05) is 84.9 Å². The maximum Gasteiger partial charge on any atom is 0.330 e. The average molecular weight is 519 g/mol. The summed E-state index contributed by atoms with van der Waals surface area (Å²) in [7, 11) is 1.59. The lowest BCUT2D eigenvalue weighted by atomic mass is 9.80. The van der Waals surface area contributed by atoms with Gasteiger partial charge in [-0.2, -0.15) is 0 Å². The molecule has 0 radical (unpaired) electrons. The van der Waals surface area contributed by atoms with E-state index in [1.54, 1.807) is 7.11 Å². The van der Waals surface area contributed by atoms with Gasteiger partial charge in [-0.1, -0.05) is 72.8 Å². The van der Waals surface area contributed by atoms with E-state index in [4.69, 9.17) is 14.2 Å². The van der Waals surface area contributed by atoms with Gasteiger partial charge in [0, 0.05) is 12.3 Å². The molecular weight excluding hydrogens is 491 g/mol. The van der Waals surface area contributed by atoms with Crippen LogP contribution in [0.1, 0.15) is 22.9 Å². The van der Waals surface area contributed by atoms with Crippen molar-refractivity contribution in [1.29, 1.82) is 0 Å². The summed E-state index contributed by atoms with van der Waals surface area (Å²) in [5.74, 6) is 0.674. The number of aliphatic hydroxyl groups is 1. The highest BCUT2D eigenvalue weighted by molar-refractivity contribution is 5.48. The summed E-state index contributed by atoms with van der Waals surface area (Å²) in [6.45, 7) is -0.202. The smallest absolute Gasteiger partial charge is 0.330 e. The highest BCUT2D eigenvalue weighted by atomic mass is 19.1. The largest absolute Gasteiger partial charge is 0.497 e. The molecule has 196 valence electrons. The zero-order chi connectivity index (χ0) is 26.7. The monoisotopic (exact) mass is 518 g/mol. The normalized spacial score (nSPS) is 21.3. The van der Waals surface area contributed by atoms with Gasteiger partial charge in [0.1, 0.15) is 23.6 Å². The van der Waals surface area contributed by atoms with Gasteiger partial charge in [-0.15, -0.1) is 0 Å². The molecule has 0 bridgehead atoms. The predicted octanol–water partition coefficient (Wildman–Crippen LogP) is 3.15. The van der Waals surface area contributed by atoms with Crippen LogP contribution < -0.4 is 16.0 Å². The highest BCUT2D eigenvalue weighted by Gasteiger charge is 2.47. The van der Waals surface area contributed by atoms with Crippen LogP contribution in [0.4, 0.5) is 4.39 Å². The van der Waals surface area contributed by atoms with Crippen molar-refractivity contribution in [2.75, 3.05) is 13.7 Å². The number of nitrogens with zero attached hydrogens (tertiary/aromatic N) is 1. The third-order valence-electron chi connectivity index (χ3n) is 6.74. The summed E-state index contributed by atoms with van der Waals surface area (Å²) >= 11 is 0. The standard InChI is InChI=1S/C29H27FN2O6/c1-36-22-14-12-21(13-15-22)29(19-8-4-2-5-9-19,20-10-6-3-7-11-20)37-18-23-26(34)25(30)27(38-23)32-17-16-24(33)31-28(32)35/h2-17,23,25-27,34H,18H2,1H3,(H,31,33,35)/t23-,25+,26-,27-/m1/s1. The summed E-state index contributed by atoms with van der Waals surface area (Å²) in [5, 5.41) is 10.7. The van der Waals surface area contributed by atoms with E-state index in [2.05, 4.69) is 4.98 Å². The molecule has 0 aliphatic carbocycles. The molecule has 1 aromatic heterocycles. The van der Waals surface area contributed by atoms with Gasteiger partial charge in [-0.25, -0.2) is 9.18 Å². The summed E-state index contributed by atoms with van der Waals surface area (Å²) in [4.78, 5) is 25.8. The molecule has 1 aliphatic heterocycles. The Morgan fingerprint density at radius 2 is 1.50 bits per heavy atom. The fourth-order valence-electron chi connectivity index (χ4n) is 4.82. The second kappa shape index (κ2) is 10.7. The van der Waals surface area contributed by atoms with Crippen molar-refractivity contribution in [2.24, 2.45) is 0 Å². The van der Waals surface area contributed by atoms with Gasteiger partial charge in [-0.3, -0.25) is 14.3 Å². The minimum absolute atomic E-state index is 0.202. The molecule has 38 heavy (non-hydrogen) atoms. The maximum absolute atomic E-state index is 15.2. The van der Waals surface area contributed by atoms with Crippen LogP contribution >= 0.6 is 0 Å². The number of aromatic amines is 1. The Balaban J connectivity index is 1.54. The van der Waals surface area contributed by atoms with Crippen LogP contribution in [-0.2, 0) is 15.1 Å². The van der Waals surface area contributed by atoms with Gasteiger partial charge in [0.15, 0.2) is 12.4 Å². The number of hydrogen-bond donors (Lipinski definition) is 2. The molecule has 2 heterocycles. The summed E-state index contributed by atoms with van der Waals surface area (Å²) < 4.78 is 33.9. The maximum atomic E-state index is 15.2. The van der Waals surface area contributed by atoms with Gasteiger partial charge < -0.3 is 19.3 Å². The van der Waals surface area contributed by atoms with Gasteiger partial charge in [0.25, 0.3) is 5.56 Å². The summed E-state index contributed by atoms with van der Waals surface area (Å²) in [6.07, 6.45) is -4.87. The van der Waals surface area contributed by atoms with Crippen molar-refractivity contribution in [1.82, 2.24) is 9.55 Å². The number of methoxy groups -OCH3 is 1. The zero-order valence-electron chi connectivity index (χ0n) is 20.6. The first-order valence-corrected chi connectivity index (χ1v) is 12.1. The Bertz CT molecular complexity index is 1430. The molecule has 2 N–H and O–H groups in total. The van der Waals surface area contributed by atoms with Crippen molar-refractivity contribution in [3.8, 4) is 5.75 Å². The average Bonchev–Trinajstić information content (AvgIpc) is 3.23. The molecule has 4 aromatic rings. The molecule has 1 fully saturated rings. The molecule has 3 aromatic carbocycles. The molecule has 1 aliphatic rings. The van der Waals surface area contributed by atoms with E-state index < -0.39 is 41.5 Å². The second-order valence-corrected chi connectivity index (χ2v) is 8.97. The van der Waals surface area contributed by atoms with E-state index in [0.29, 0.717) is 5.75 Å². The van der Waals surface area contributed by atoms with E-state index in [9.17, 15) is 14.7 Å². The Morgan fingerprint density at radius 1 is 0.921 bits per heavy atom. The van der Waals surface area contributed by atoms with Crippen molar-refractivity contribution in [3.05, 3.63) is 135 Å². The van der Waals surface area contributed by atoms with Crippen molar-refractivity contribution >= 4 is 0 Å². The molecule has 1 saturated heterocycles. The van der Waals surface area contributed by atoms with Gasteiger partial charge in [0.05, 0.1) is 13.7 Å². The Kier molecular flexibility index (Phi) is 7.24. The SMILES string of the molecule is COc1ccc(C(OC[C@H]2O[C@@H](n3ccc(=O)[nH]c3=O)[C@@H](F)[C@@H]2O)(c2ccccc2)c2ccccc2)cc1. The van der Waals surface area contributed by atoms with E-state index in [1.165, 1.54) is 0 Å². The first-order valence-electron chi connectivity index (χ1n) is 12.1. The Hall–Kier alpha value is -4.05. The number of rotatable bonds is 8. The highest BCUT2D eigenvalue weighted by Crippen LogP contribution is 2.42. The fourth-order valence-corrected chi connectivity index (χ4v) is 4.82. The van der Waals surface area contributed by atoms with E-state index in [-0.39, 0.29) is 6.61 Å². The Labute approximate surface area is 217 Å². The number of halogens is 1. The van der Waals surface area contributed by atoms with Gasteiger partial charge in [-0.05, 0) is 28.8 Å².